The van der Waals surface area contributed by atoms with Gasteiger partial charge in [0.1, 0.15) is 6.07 Å². The van der Waals surface area contributed by atoms with E-state index in [-0.39, 0.29) is 13.5 Å². The van der Waals surface area contributed by atoms with Crippen LogP contribution in [0.3, 0.4) is 0 Å². The third-order valence-corrected chi connectivity index (χ3v) is 3.23. The quantitative estimate of drug-likeness (QED) is 0.556. The van der Waals surface area contributed by atoms with Crippen molar-refractivity contribution in [2.75, 3.05) is 6.07 Å². The minimum atomic E-state index is -3.59. The number of hydrogen-bond donors (Lipinski definition) is 0. The Kier molecular flexibility index (Phi) is 7.46. The highest BCUT2D eigenvalue weighted by Crippen LogP contribution is 2.55. The minimum absolute atomic E-state index is 0. The number of hydrogen-bond acceptors (Lipinski definition) is 4. The van der Waals surface area contributed by atoms with Gasteiger partial charge in [-0.3, -0.25) is 13.6 Å². The van der Waals surface area contributed by atoms with Crippen molar-refractivity contribution in [3.8, 4) is 0 Å². The lowest BCUT2D eigenvalue weighted by Gasteiger charge is -2.30. The molecular weight excluding hydrogens is 251 g/mol. The zero-order valence-electron chi connectivity index (χ0n) is 10.2. The Morgan fingerprint density at radius 2 is 1.31 bits per heavy atom. The van der Waals surface area contributed by atoms with Gasteiger partial charge in [0.05, 0.1) is 11.2 Å². The van der Waals surface area contributed by atoms with Gasteiger partial charge in [0.15, 0.2) is 0 Å². The smallest absolute Gasteiger partial charge is 0.281 e. The number of phosphoric acid groups is 1. The lowest BCUT2D eigenvalue weighted by atomic mass is 10.2. The molecule has 0 saturated carbocycles. The highest BCUT2D eigenvalue weighted by Gasteiger charge is 2.36. The second-order valence-corrected chi connectivity index (χ2v) is 6.83. The first-order valence-electron chi connectivity index (χ1n) is 4.69. The summed E-state index contributed by atoms with van der Waals surface area (Å²) < 4.78 is 27.5. The van der Waals surface area contributed by atoms with E-state index in [1.54, 1.807) is 41.5 Å². The monoisotopic (exact) mass is 274 g/mol. The second kappa shape index (κ2) is 6.36. The van der Waals surface area contributed by atoms with Gasteiger partial charge in [-0.05, 0) is 41.5 Å². The van der Waals surface area contributed by atoms with Crippen LogP contribution in [0.25, 0.3) is 0 Å². The molecule has 0 aliphatic carbocycles. The van der Waals surface area contributed by atoms with Crippen molar-refractivity contribution in [2.45, 2.75) is 60.2 Å². The topological polar surface area (TPSA) is 44.8 Å². The van der Waals surface area contributed by atoms with Crippen LogP contribution in [0.4, 0.5) is 0 Å². The van der Waals surface area contributed by atoms with E-state index < -0.39 is 19.0 Å². The van der Waals surface area contributed by atoms with Crippen molar-refractivity contribution in [1.29, 1.82) is 0 Å². The normalized spacial score (nSPS) is 13.4. The maximum absolute atomic E-state index is 12.1. The van der Waals surface area contributed by atoms with Crippen molar-refractivity contribution in [3.05, 3.63) is 0 Å². The molecule has 0 bridgehead atoms. The van der Waals surface area contributed by atoms with Gasteiger partial charge in [-0.25, -0.2) is 4.57 Å². The van der Waals surface area contributed by atoms with Crippen LogP contribution in [-0.2, 0) is 18.1 Å². The van der Waals surface area contributed by atoms with Crippen molar-refractivity contribution in [1.82, 2.24) is 0 Å². The highest BCUT2D eigenvalue weighted by molar-refractivity contribution is 7.48. The minimum Gasteiger partial charge on any atom is -0.281 e. The Balaban J connectivity index is 0. The molecule has 4 nitrogen and oxygen atoms in total. The molecule has 0 atom stereocenters. The SMILES string of the molecule is C.CC(C)(C)OP(=O)(OCCl)OC(C)(C)C. The molecule has 0 amide bonds. The standard InChI is InChI=1S/C9H20ClO4P.CH4/c1-8(2,3)13-15(11,12-7-10)14-9(4,5)6;/h7H2,1-6H3;1H4. The molecule has 0 aliphatic rings. The first-order chi connectivity index (χ1) is 6.47. The van der Waals surface area contributed by atoms with Crippen molar-refractivity contribution in [2.24, 2.45) is 0 Å². The highest BCUT2D eigenvalue weighted by atomic mass is 35.5. The molecule has 16 heavy (non-hydrogen) atoms. The van der Waals surface area contributed by atoms with E-state index in [1.165, 1.54) is 0 Å². The van der Waals surface area contributed by atoms with E-state index >= 15 is 0 Å². The molecule has 0 radical (unpaired) electrons. The summed E-state index contributed by atoms with van der Waals surface area (Å²) >= 11 is 5.39. The fraction of sp³-hybridized carbons (Fsp3) is 1.00. The number of halogens is 1. The molecule has 0 heterocycles. The largest absolute Gasteiger partial charge is 0.476 e. The molecule has 100 valence electrons. The van der Waals surface area contributed by atoms with Gasteiger partial charge in [-0.15, -0.1) is 0 Å². The number of alkyl halides is 1. The van der Waals surface area contributed by atoms with E-state index in [2.05, 4.69) is 0 Å². The molecular formula is C10H24ClO4P. The first-order valence-corrected chi connectivity index (χ1v) is 6.69. The molecule has 0 saturated heterocycles. The molecule has 6 heteroatoms. The molecule has 0 aliphatic heterocycles. The summed E-state index contributed by atoms with van der Waals surface area (Å²) in [7, 11) is -3.59. The third kappa shape index (κ3) is 9.61. The van der Waals surface area contributed by atoms with Crippen LogP contribution >= 0.6 is 19.4 Å². The Morgan fingerprint density at radius 1 is 1.00 bits per heavy atom. The molecule has 0 fully saturated rings. The van der Waals surface area contributed by atoms with Gasteiger partial charge < -0.3 is 0 Å². The second-order valence-electron chi connectivity index (χ2n) is 5.09. The molecule has 0 rings (SSSR count). The number of rotatable bonds is 4. The summed E-state index contributed by atoms with van der Waals surface area (Å²) in [6.07, 6.45) is 0. The van der Waals surface area contributed by atoms with Gasteiger partial charge in [0.25, 0.3) is 0 Å². The van der Waals surface area contributed by atoms with Crippen LogP contribution < -0.4 is 0 Å². The predicted molar refractivity (Wildman–Crippen MR) is 67.8 cm³/mol. The van der Waals surface area contributed by atoms with Gasteiger partial charge in [0.2, 0.25) is 0 Å². The average molecular weight is 275 g/mol. The first kappa shape index (κ1) is 18.8. The Labute approximate surface area is 104 Å². The van der Waals surface area contributed by atoms with Crippen molar-refractivity contribution >= 4 is 19.4 Å². The van der Waals surface area contributed by atoms with Crippen LogP contribution in [0.15, 0.2) is 0 Å². The third-order valence-electron chi connectivity index (χ3n) is 0.978. The van der Waals surface area contributed by atoms with Crippen LogP contribution in [-0.4, -0.2) is 17.3 Å². The van der Waals surface area contributed by atoms with Gasteiger partial charge in [-0.1, -0.05) is 19.0 Å². The lowest BCUT2D eigenvalue weighted by Crippen LogP contribution is -2.24. The number of phosphoric ester groups is 1. The molecule has 0 aromatic carbocycles. The summed E-state index contributed by atoms with van der Waals surface area (Å²) in [6.45, 7) is 10.6. The average Bonchev–Trinajstić information content (AvgIpc) is 1.74. The zero-order valence-corrected chi connectivity index (χ0v) is 11.8. The Bertz CT molecular complexity index is 222. The van der Waals surface area contributed by atoms with Crippen LogP contribution in [0.5, 0.6) is 0 Å². The van der Waals surface area contributed by atoms with Crippen molar-refractivity contribution in [3.63, 3.8) is 0 Å². The van der Waals surface area contributed by atoms with E-state index in [9.17, 15) is 4.57 Å². The Hall–Kier alpha value is 0.400. The van der Waals surface area contributed by atoms with E-state index in [0.717, 1.165) is 0 Å². The van der Waals surface area contributed by atoms with Crippen LogP contribution in [0, 0.1) is 0 Å². The summed E-state index contributed by atoms with van der Waals surface area (Å²) in [4.78, 5) is 0. The summed E-state index contributed by atoms with van der Waals surface area (Å²) in [6, 6.07) is -0.233. The summed E-state index contributed by atoms with van der Waals surface area (Å²) in [5.74, 6) is 0. The summed E-state index contributed by atoms with van der Waals surface area (Å²) in [5, 5.41) is 0. The summed E-state index contributed by atoms with van der Waals surface area (Å²) in [5.41, 5.74) is -1.24. The molecule has 0 spiro atoms. The van der Waals surface area contributed by atoms with Crippen LogP contribution in [0.2, 0.25) is 0 Å². The van der Waals surface area contributed by atoms with Gasteiger partial charge in [0, 0.05) is 0 Å². The molecule has 0 unspecified atom stereocenters. The van der Waals surface area contributed by atoms with Gasteiger partial charge >= 0.3 is 7.82 Å². The van der Waals surface area contributed by atoms with E-state index in [4.69, 9.17) is 25.2 Å². The fourth-order valence-corrected chi connectivity index (χ4v) is 2.76. The molecule has 0 N–H and O–H groups in total. The molecule has 0 aromatic heterocycles. The Morgan fingerprint density at radius 3 is 1.50 bits per heavy atom. The lowest BCUT2D eigenvalue weighted by molar-refractivity contribution is 0.00861. The van der Waals surface area contributed by atoms with E-state index in [1.807, 2.05) is 0 Å². The maximum Gasteiger partial charge on any atom is 0.476 e. The van der Waals surface area contributed by atoms with Gasteiger partial charge in [-0.2, -0.15) is 0 Å². The van der Waals surface area contributed by atoms with Crippen molar-refractivity contribution < 1.29 is 18.1 Å². The molecule has 0 aromatic rings. The predicted octanol–water partition coefficient (Wildman–Crippen LogP) is 4.57. The zero-order chi connectivity index (χ0) is 12.3. The van der Waals surface area contributed by atoms with E-state index in [0.29, 0.717) is 0 Å². The fourth-order valence-electron chi connectivity index (χ4n) is 0.802. The van der Waals surface area contributed by atoms with Crippen LogP contribution in [0.1, 0.15) is 49.0 Å². The maximum atomic E-state index is 12.1.